The zero-order chi connectivity index (χ0) is 25.2. The molecule has 0 aliphatic carbocycles. The monoisotopic (exact) mass is 514 g/mol. The van der Waals surface area contributed by atoms with Crippen LogP contribution in [-0.4, -0.2) is 36.4 Å². The molecule has 8 nitrogen and oxygen atoms in total. The first-order valence-corrected chi connectivity index (χ1v) is 13.1. The SMILES string of the molecule is CC1CCN(c2ncccc2C(=O)NS(=O)(=O)c2cccc(OCc3cccc(Cl)c3)n2)C1(C)C. The van der Waals surface area contributed by atoms with E-state index in [2.05, 4.69) is 40.4 Å². The zero-order valence-corrected chi connectivity index (χ0v) is 21.3. The van der Waals surface area contributed by atoms with E-state index in [1.165, 1.54) is 12.1 Å². The van der Waals surface area contributed by atoms with Crippen LogP contribution in [0.2, 0.25) is 5.02 Å². The first-order chi connectivity index (χ1) is 16.6. The molecule has 0 saturated carbocycles. The molecule has 1 unspecified atom stereocenters. The summed E-state index contributed by atoms with van der Waals surface area (Å²) in [7, 11) is -4.26. The molecule has 2 aromatic heterocycles. The molecule has 3 aromatic rings. The van der Waals surface area contributed by atoms with Gasteiger partial charge in [0, 0.05) is 29.4 Å². The van der Waals surface area contributed by atoms with Gasteiger partial charge in [-0.3, -0.25) is 4.79 Å². The number of nitrogens with zero attached hydrogens (tertiary/aromatic N) is 3. The van der Waals surface area contributed by atoms with Gasteiger partial charge in [-0.1, -0.05) is 36.7 Å². The van der Waals surface area contributed by atoms with Gasteiger partial charge in [0.05, 0.1) is 5.56 Å². The molecule has 1 aliphatic rings. The maximum absolute atomic E-state index is 13.1. The van der Waals surface area contributed by atoms with Crippen LogP contribution in [-0.2, 0) is 16.6 Å². The van der Waals surface area contributed by atoms with Crippen LogP contribution in [0.15, 0.2) is 65.8 Å². The molecule has 1 saturated heterocycles. The van der Waals surface area contributed by atoms with Crippen LogP contribution in [0.4, 0.5) is 5.82 Å². The minimum Gasteiger partial charge on any atom is -0.473 e. The minimum absolute atomic E-state index is 0.107. The van der Waals surface area contributed by atoms with Crippen molar-refractivity contribution in [2.45, 2.75) is 44.4 Å². The zero-order valence-electron chi connectivity index (χ0n) is 19.7. The number of halogens is 1. The smallest absolute Gasteiger partial charge is 0.281 e. The highest BCUT2D eigenvalue weighted by Gasteiger charge is 2.40. The quantitative estimate of drug-likeness (QED) is 0.497. The number of carbonyl (C=O) groups is 1. The van der Waals surface area contributed by atoms with Crippen molar-refractivity contribution in [1.82, 2.24) is 14.7 Å². The van der Waals surface area contributed by atoms with Crippen LogP contribution in [0.25, 0.3) is 0 Å². The van der Waals surface area contributed by atoms with Crippen LogP contribution < -0.4 is 14.4 Å². The number of nitrogens with one attached hydrogen (secondary N) is 1. The summed E-state index contributed by atoms with van der Waals surface area (Å²) < 4.78 is 33.8. The number of carbonyl (C=O) groups excluding carboxylic acids is 1. The van der Waals surface area contributed by atoms with Gasteiger partial charge in [0.15, 0.2) is 5.03 Å². The van der Waals surface area contributed by atoms with Crippen molar-refractivity contribution in [2.75, 3.05) is 11.4 Å². The van der Waals surface area contributed by atoms with Gasteiger partial charge < -0.3 is 9.64 Å². The van der Waals surface area contributed by atoms with Gasteiger partial charge in [0.2, 0.25) is 5.88 Å². The van der Waals surface area contributed by atoms with Gasteiger partial charge in [-0.05, 0) is 62.1 Å². The van der Waals surface area contributed by atoms with Gasteiger partial charge in [-0.2, -0.15) is 13.4 Å². The van der Waals surface area contributed by atoms with E-state index in [0.717, 1.165) is 18.5 Å². The fourth-order valence-corrected chi connectivity index (χ4v) is 5.18. The van der Waals surface area contributed by atoms with E-state index in [0.29, 0.717) is 16.8 Å². The molecular weight excluding hydrogens is 488 g/mol. The predicted molar refractivity (Wildman–Crippen MR) is 134 cm³/mol. The lowest BCUT2D eigenvalue weighted by Gasteiger charge is -2.36. The molecule has 0 bridgehead atoms. The van der Waals surface area contributed by atoms with Crippen LogP contribution in [0.5, 0.6) is 5.88 Å². The summed E-state index contributed by atoms with van der Waals surface area (Å²) in [6.07, 6.45) is 2.55. The largest absolute Gasteiger partial charge is 0.473 e. The topological polar surface area (TPSA) is 101 Å². The normalized spacial score (nSPS) is 17.3. The molecule has 35 heavy (non-hydrogen) atoms. The van der Waals surface area contributed by atoms with E-state index >= 15 is 0 Å². The van der Waals surface area contributed by atoms with E-state index in [1.807, 2.05) is 6.07 Å². The van der Waals surface area contributed by atoms with Crippen LogP contribution in [0.3, 0.4) is 0 Å². The first kappa shape index (κ1) is 24.9. The maximum atomic E-state index is 13.1. The third kappa shape index (κ3) is 5.41. The maximum Gasteiger partial charge on any atom is 0.281 e. The second-order valence-corrected chi connectivity index (χ2v) is 11.1. The number of aromatic nitrogens is 2. The second-order valence-electron chi connectivity index (χ2n) is 9.04. The molecule has 1 aromatic carbocycles. The Morgan fingerprint density at radius 3 is 2.69 bits per heavy atom. The Morgan fingerprint density at radius 2 is 1.97 bits per heavy atom. The predicted octanol–water partition coefficient (Wildman–Crippen LogP) is 4.45. The van der Waals surface area contributed by atoms with E-state index < -0.39 is 15.9 Å². The number of hydrogen-bond acceptors (Lipinski definition) is 7. The van der Waals surface area contributed by atoms with Crippen LogP contribution >= 0.6 is 11.6 Å². The molecule has 10 heteroatoms. The Hall–Kier alpha value is -3.17. The number of rotatable bonds is 7. The molecule has 1 aliphatic heterocycles. The van der Waals surface area contributed by atoms with E-state index in [-0.39, 0.29) is 28.6 Å². The Balaban J connectivity index is 1.52. The highest BCUT2D eigenvalue weighted by molar-refractivity contribution is 7.90. The Labute approximate surface area is 210 Å². The standard InChI is InChI=1S/C25H27ClN4O4S/c1-17-12-14-30(25(17,2)3)23-20(9-6-13-27-23)24(31)29-35(32,33)22-11-5-10-21(28-22)34-16-18-7-4-8-19(26)15-18/h4-11,13,15,17H,12,14,16H2,1-3H3,(H,29,31). The summed E-state index contributed by atoms with van der Waals surface area (Å²) in [5.74, 6) is 0.190. The van der Waals surface area contributed by atoms with Crippen molar-refractivity contribution in [3.05, 3.63) is 76.9 Å². The number of ether oxygens (including phenoxy) is 1. The summed E-state index contributed by atoms with van der Waals surface area (Å²) >= 11 is 5.99. The van der Waals surface area contributed by atoms with Crippen LogP contribution in [0.1, 0.15) is 43.1 Å². The summed E-state index contributed by atoms with van der Waals surface area (Å²) in [6, 6.07) is 14.7. The minimum atomic E-state index is -4.26. The Morgan fingerprint density at radius 1 is 1.20 bits per heavy atom. The average molecular weight is 515 g/mol. The van der Waals surface area contributed by atoms with E-state index in [1.54, 1.807) is 42.6 Å². The van der Waals surface area contributed by atoms with Gasteiger partial charge in [0.1, 0.15) is 12.4 Å². The van der Waals surface area contributed by atoms with Crippen molar-refractivity contribution in [3.8, 4) is 5.88 Å². The van der Waals surface area contributed by atoms with Gasteiger partial charge in [-0.25, -0.2) is 9.71 Å². The second kappa shape index (κ2) is 9.83. The molecular formula is C25H27ClN4O4S. The highest BCUT2D eigenvalue weighted by atomic mass is 35.5. The molecule has 1 fully saturated rings. The number of hydrogen-bond donors (Lipinski definition) is 1. The lowest BCUT2D eigenvalue weighted by atomic mass is 9.90. The van der Waals surface area contributed by atoms with Crippen molar-refractivity contribution < 1.29 is 17.9 Å². The van der Waals surface area contributed by atoms with Crippen molar-refractivity contribution >= 4 is 33.3 Å². The molecule has 3 heterocycles. The molecule has 4 rings (SSSR count). The number of amides is 1. The molecule has 1 atom stereocenters. The lowest BCUT2D eigenvalue weighted by molar-refractivity contribution is 0.0981. The summed E-state index contributed by atoms with van der Waals surface area (Å²) in [6.45, 7) is 7.23. The van der Waals surface area contributed by atoms with Gasteiger partial charge in [0.25, 0.3) is 15.9 Å². The van der Waals surface area contributed by atoms with E-state index in [9.17, 15) is 13.2 Å². The highest BCUT2D eigenvalue weighted by Crippen LogP contribution is 2.38. The van der Waals surface area contributed by atoms with Gasteiger partial charge >= 0.3 is 0 Å². The molecule has 184 valence electrons. The van der Waals surface area contributed by atoms with Crippen molar-refractivity contribution in [1.29, 1.82) is 0 Å². The molecule has 1 N–H and O–H groups in total. The van der Waals surface area contributed by atoms with Crippen molar-refractivity contribution in [3.63, 3.8) is 0 Å². The number of benzene rings is 1. The number of sulfonamides is 1. The van der Waals surface area contributed by atoms with Crippen LogP contribution in [0, 0.1) is 5.92 Å². The average Bonchev–Trinajstić information content (AvgIpc) is 3.09. The molecule has 0 radical (unpaired) electrons. The number of anilines is 1. The number of pyridine rings is 2. The van der Waals surface area contributed by atoms with Gasteiger partial charge in [-0.15, -0.1) is 0 Å². The van der Waals surface area contributed by atoms with Crippen molar-refractivity contribution in [2.24, 2.45) is 5.92 Å². The summed E-state index contributed by atoms with van der Waals surface area (Å²) in [5.41, 5.74) is 0.772. The third-order valence-electron chi connectivity index (χ3n) is 6.45. The first-order valence-electron chi connectivity index (χ1n) is 11.2. The third-order valence-corrected chi connectivity index (χ3v) is 7.92. The summed E-state index contributed by atoms with van der Waals surface area (Å²) in [4.78, 5) is 23.7. The molecule has 1 amide bonds. The Kier molecular flexibility index (Phi) is 7.00. The fraction of sp³-hybridized carbons (Fsp3) is 0.320. The molecule has 0 spiro atoms. The summed E-state index contributed by atoms with van der Waals surface area (Å²) in [5, 5.41) is 0.245. The van der Waals surface area contributed by atoms with E-state index in [4.69, 9.17) is 16.3 Å². The Bertz CT molecular complexity index is 1350. The lowest BCUT2D eigenvalue weighted by Crippen LogP contribution is -2.43. The fourth-order valence-electron chi connectivity index (χ4n) is 4.04.